The summed E-state index contributed by atoms with van der Waals surface area (Å²) < 4.78 is 0. The van der Waals surface area contributed by atoms with Crippen LogP contribution in [0.25, 0.3) is 0 Å². The van der Waals surface area contributed by atoms with Crippen LogP contribution in [0.2, 0.25) is 0 Å². The van der Waals surface area contributed by atoms with Crippen molar-refractivity contribution in [1.29, 1.82) is 0 Å². The minimum absolute atomic E-state index is 0.121. The van der Waals surface area contributed by atoms with Gasteiger partial charge in [0.1, 0.15) is 5.00 Å². The second kappa shape index (κ2) is 8.26. The number of thiophene rings is 2. The van der Waals surface area contributed by atoms with E-state index in [0.29, 0.717) is 17.0 Å². The fourth-order valence-corrected chi connectivity index (χ4v) is 5.54. The lowest BCUT2D eigenvalue weighted by Gasteiger charge is -2.27. The second-order valence-electron chi connectivity index (χ2n) is 6.82. The third-order valence-corrected chi connectivity index (χ3v) is 6.81. The summed E-state index contributed by atoms with van der Waals surface area (Å²) in [5.41, 5.74) is 8.40. The Morgan fingerprint density at radius 1 is 1.14 bits per heavy atom. The molecule has 144 valence electrons. The fourth-order valence-electron chi connectivity index (χ4n) is 3.52. The summed E-state index contributed by atoms with van der Waals surface area (Å²) in [6.07, 6.45) is 1.07. The molecule has 3 aromatic rings. The third-order valence-electron chi connectivity index (χ3n) is 4.80. The van der Waals surface area contributed by atoms with E-state index in [-0.39, 0.29) is 5.91 Å². The lowest BCUT2D eigenvalue weighted by molar-refractivity contribution is -0.115. The van der Waals surface area contributed by atoms with Gasteiger partial charge in [-0.15, -0.1) is 22.7 Å². The highest BCUT2D eigenvalue weighted by atomic mass is 32.1. The molecule has 0 radical (unpaired) electrons. The maximum Gasteiger partial charge on any atom is 0.251 e. The molecule has 3 heterocycles. The van der Waals surface area contributed by atoms with E-state index in [0.717, 1.165) is 41.4 Å². The number of fused-ring (bicyclic) bond motifs is 1. The van der Waals surface area contributed by atoms with Crippen LogP contribution < -0.4 is 11.1 Å². The van der Waals surface area contributed by atoms with Gasteiger partial charge in [-0.25, -0.2) is 0 Å². The minimum atomic E-state index is -0.472. The maximum atomic E-state index is 12.4. The highest BCUT2D eigenvalue weighted by Crippen LogP contribution is 2.37. The van der Waals surface area contributed by atoms with Gasteiger partial charge >= 0.3 is 0 Å². The van der Waals surface area contributed by atoms with E-state index in [9.17, 15) is 9.59 Å². The molecule has 0 unspecified atom stereocenters. The van der Waals surface area contributed by atoms with E-state index in [4.69, 9.17) is 5.73 Å². The van der Waals surface area contributed by atoms with Gasteiger partial charge in [0.25, 0.3) is 5.91 Å². The number of carbonyl (C=O) groups excluding carboxylic acids is 2. The smallest absolute Gasteiger partial charge is 0.251 e. The number of nitrogens with zero attached hydrogens (tertiary/aromatic N) is 1. The number of anilines is 1. The molecule has 0 atom stereocenters. The van der Waals surface area contributed by atoms with E-state index in [2.05, 4.69) is 22.3 Å². The quantitative estimate of drug-likeness (QED) is 0.650. The average molecular weight is 412 g/mol. The van der Waals surface area contributed by atoms with Crippen molar-refractivity contribution in [3.63, 3.8) is 0 Å². The SMILES string of the molecule is NC(=O)c1c(NC(=O)Cc2cccs2)sc2c1CCN(Cc1ccccc1)C2. The van der Waals surface area contributed by atoms with Crippen LogP contribution in [0.1, 0.15) is 31.2 Å². The summed E-state index contributed by atoms with van der Waals surface area (Å²) in [6, 6.07) is 14.2. The molecule has 4 rings (SSSR count). The number of amides is 2. The second-order valence-corrected chi connectivity index (χ2v) is 8.96. The Hall–Kier alpha value is -2.48. The van der Waals surface area contributed by atoms with Crippen LogP contribution in [0.3, 0.4) is 0 Å². The Bertz CT molecular complexity index is 981. The molecular formula is C21H21N3O2S2. The maximum absolute atomic E-state index is 12.4. The van der Waals surface area contributed by atoms with Gasteiger partial charge in [0.2, 0.25) is 5.91 Å². The summed E-state index contributed by atoms with van der Waals surface area (Å²) in [5, 5.41) is 5.45. The van der Waals surface area contributed by atoms with E-state index >= 15 is 0 Å². The molecule has 2 amide bonds. The summed E-state index contributed by atoms with van der Waals surface area (Å²) >= 11 is 3.02. The zero-order valence-corrected chi connectivity index (χ0v) is 16.9. The Kier molecular flexibility index (Phi) is 5.57. The molecule has 0 spiro atoms. The lowest BCUT2D eigenvalue weighted by atomic mass is 10.0. The molecule has 5 nitrogen and oxygen atoms in total. The molecule has 28 heavy (non-hydrogen) atoms. The normalized spacial score (nSPS) is 13.9. The topological polar surface area (TPSA) is 75.4 Å². The highest BCUT2D eigenvalue weighted by Gasteiger charge is 2.27. The van der Waals surface area contributed by atoms with Crippen LogP contribution in [0.4, 0.5) is 5.00 Å². The van der Waals surface area contributed by atoms with Gasteiger partial charge in [-0.3, -0.25) is 14.5 Å². The summed E-state index contributed by atoms with van der Waals surface area (Å²) in [4.78, 5) is 29.0. The predicted molar refractivity (Wildman–Crippen MR) is 114 cm³/mol. The first-order valence-electron chi connectivity index (χ1n) is 9.13. The number of primary amides is 1. The largest absolute Gasteiger partial charge is 0.365 e. The van der Waals surface area contributed by atoms with E-state index < -0.39 is 5.91 Å². The van der Waals surface area contributed by atoms with E-state index in [1.807, 2.05) is 35.7 Å². The van der Waals surface area contributed by atoms with Crippen molar-refractivity contribution >= 4 is 39.5 Å². The zero-order chi connectivity index (χ0) is 19.5. The van der Waals surface area contributed by atoms with Gasteiger partial charge in [0, 0.05) is 29.4 Å². The first-order chi connectivity index (χ1) is 13.6. The molecule has 0 bridgehead atoms. The van der Waals surface area contributed by atoms with Gasteiger partial charge in [0.05, 0.1) is 12.0 Å². The van der Waals surface area contributed by atoms with Crippen LogP contribution in [0.5, 0.6) is 0 Å². The minimum Gasteiger partial charge on any atom is -0.365 e. The summed E-state index contributed by atoms with van der Waals surface area (Å²) in [7, 11) is 0. The van der Waals surface area contributed by atoms with Crippen LogP contribution in [-0.4, -0.2) is 23.3 Å². The molecule has 2 aromatic heterocycles. The van der Waals surface area contributed by atoms with Gasteiger partial charge in [-0.05, 0) is 29.0 Å². The number of hydrogen-bond donors (Lipinski definition) is 2. The van der Waals surface area contributed by atoms with Crippen molar-refractivity contribution in [3.8, 4) is 0 Å². The molecule has 1 aliphatic rings. The van der Waals surface area contributed by atoms with Gasteiger partial charge in [0.15, 0.2) is 0 Å². The highest BCUT2D eigenvalue weighted by molar-refractivity contribution is 7.17. The standard InChI is InChI=1S/C21H21N3O2S2/c22-20(26)19-16-8-9-24(12-14-5-2-1-3-6-14)13-17(16)28-21(19)23-18(25)11-15-7-4-10-27-15/h1-7,10H,8-9,11-13H2,(H2,22,26)(H,23,25). The number of carbonyl (C=O) groups is 2. The summed E-state index contributed by atoms with van der Waals surface area (Å²) in [6.45, 7) is 2.49. The van der Waals surface area contributed by atoms with Crippen molar-refractivity contribution in [2.45, 2.75) is 25.9 Å². The molecule has 0 fully saturated rings. The number of nitrogens with one attached hydrogen (secondary N) is 1. The van der Waals surface area contributed by atoms with Crippen molar-refractivity contribution in [1.82, 2.24) is 4.90 Å². The van der Waals surface area contributed by atoms with E-state index in [1.54, 1.807) is 11.3 Å². The molecular weight excluding hydrogens is 390 g/mol. The van der Waals surface area contributed by atoms with Crippen LogP contribution >= 0.6 is 22.7 Å². The molecule has 0 saturated heterocycles. The first kappa shape index (κ1) is 18.9. The van der Waals surface area contributed by atoms with E-state index in [1.165, 1.54) is 16.9 Å². The molecule has 1 aromatic carbocycles. The molecule has 1 aliphatic heterocycles. The Labute approximate surface area is 171 Å². The fraction of sp³-hybridized carbons (Fsp3) is 0.238. The number of benzene rings is 1. The van der Waals surface area contributed by atoms with Crippen molar-refractivity contribution < 1.29 is 9.59 Å². The molecule has 0 aliphatic carbocycles. The lowest BCUT2D eigenvalue weighted by Crippen LogP contribution is -2.30. The van der Waals surface area contributed by atoms with Gasteiger partial charge in [-0.1, -0.05) is 36.4 Å². The molecule has 0 saturated carbocycles. The van der Waals surface area contributed by atoms with Crippen molar-refractivity contribution in [2.75, 3.05) is 11.9 Å². The van der Waals surface area contributed by atoms with Crippen molar-refractivity contribution in [2.24, 2.45) is 5.73 Å². The van der Waals surface area contributed by atoms with Gasteiger partial charge in [-0.2, -0.15) is 0 Å². The predicted octanol–water partition coefficient (Wildman–Crippen LogP) is 3.65. The Balaban J connectivity index is 1.51. The van der Waals surface area contributed by atoms with Crippen LogP contribution in [0, 0.1) is 0 Å². The Morgan fingerprint density at radius 3 is 2.68 bits per heavy atom. The molecule has 7 heteroatoms. The van der Waals surface area contributed by atoms with Gasteiger partial charge < -0.3 is 11.1 Å². The zero-order valence-electron chi connectivity index (χ0n) is 15.3. The monoisotopic (exact) mass is 411 g/mol. The van der Waals surface area contributed by atoms with Crippen LogP contribution in [-0.2, 0) is 30.7 Å². The third kappa shape index (κ3) is 4.16. The van der Waals surface area contributed by atoms with Crippen molar-refractivity contribution in [3.05, 3.63) is 74.3 Å². The number of nitrogens with two attached hydrogens (primary N) is 1. The number of hydrogen-bond acceptors (Lipinski definition) is 5. The number of rotatable bonds is 6. The average Bonchev–Trinajstić information content (AvgIpc) is 3.29. The first-order valence-corrected chi connectivity index (χ1v) is 10.8. The summed E-state index contributed by atoms with van der Waals surface area (Å²) in [5.74, 6) is -0.592. The Morgan fingerprint density at radius 2 is 1.96 bits per heavy atom. The molecule has 3 N–H and O–H groups in total. The van der Waals surface area contributed by atoms with Crippen LogP contribution in [0.15, 0.2) is 47.8 Å².